The van der Waals surface area contributed by atoms with Gasteiger partial charge in [-0.05, 0) is 59.7 Å². The van der Waals surface area contributed by atoms with Crippen molar-refractivity contribution in [2.45, 2.75) is 30.1 Å². The molecular formula is C28H29F3N2O5S. The molecule has 4 rings (SSSR count). The SMILES string of the molecule is CCS(=O)(=O)c1ccc([C@H](CO)NC(=O)c2ccc(N3CCOC(c4ccc(C(F)(F)F)cc4)C3)cc2)cc1. The van der Waals surface area contributed by atoms with E-state index in [0.29, 0.717) is 36.4 Å². The maximum Gasteiger partial charge on any atom is 0.416 e. The summed E-state index contributed by atoms with van der Waals surface area (Å²) in [4.78, 5) is 15.1. The van der Waals surface area contributed by atoms with Gasteiger partial charge in [0.1, 0.15) is 6.10 Å². The molecule has 2 atom stereocenters. The Morgan fingerprint density at radius 2 is 1.69 bits per heavy atom. The number of alkyl halides is 3. The van der Waals surface area contributed by atoms with Gasteiger partial charge in [0, 0.05) is 24.3 Å². The second-order valence-corrected chi connectivity index (χ2v) is 11.4. The van der Waals surface area contributed by atoms with Crippen LogP contribution in [0.15, 0.2) is 77.7 Å². The average Bonchev–Trinajstić information content (AvgIpc) is 2.95. The number of rotatable bonds is 8. The summed E-state index contributed by atoms with van der Waals surface area (Å²) in [6.45, 7) is 2.60. The number of ether oxygens (including phenoxy) is 1. The summed E-state index contributed by atoms with van der Waals surface area (Å²) in [6.07, 6.45) is -4.79. The van der Waals surface area contributed by atoms with Gasteiger partial charge >= 0.3 is 6.18 Å². The van der Waals surface area contributed by atoms with Gasteiger partial charge in [0.05, 0.1) is 35.5 Å². The second-order valence-electron chi connectivity index (χ2n) is 9.15. The summed E-state index contributed by atoms with van der Waals surface area (Å²) in [5.41, 5.74) is 1.71. The van der Waals surface area contributed by atoms with E-state index in [9.17, 15) is 31.5 Å². The number of carbonyl (C=O) groups excluding carboxylic acids is 1. The molecule has 0 aromatic heterocycles. The third-order valence-electron chi connectivity index (χ3n) is 6.68. The van der Waals surface area contributed by atoms with Crippen molar-refractivity contribution in [2.24, 2.45) is 0 Å². The first-order valence-electron chi connectivity index (χ1n) is 12.4. The first kappa shape index (κ1) is 28.6. The third-order valence-corrected chi connectivity index (χ3v) is 8.43. The number of benzene rings is 3. The normalized spacial score (nSPS) is 17.1. The molecule has 1 aliphatic rings. The molecule has 1 amide bonds. The lowest BCUT2D eigenvalue weighted by Gasteiger charge is -2.35. The van der Waals surface area contributed by atoms with Gasteiger partial charge in [-0.25, -0.2) is 8.42 Å². The lowest BCUT2D eigenvalue weighted by molar-refractivity contribution is -0.137. The average molecular weight is 563 g/mol. The van der Waals surface area contributed by atoms with Crippen molar-refractivity contribution in [3.8, 4) is 0 Å². The highest BCUT2D eigenvalue weighted by Gasteiger charge is 2.31. The number of morpholine rings is 1. The number of hydrogen-bond acceptors (Lipinski definition) is 6. The molecule has 1 aliphatic heterocycles. The fourth-order valence-corrected chi connectivity index (χ4v) is 5.23. The lowest BCUT2D eigenvalue weighted by Crippen LogP contribution is -2.38. The molecule has 3 aromatic carbocycles. The minimum atomic E-state index is -4.40. The molecule has 1 saturated heterocycles. The number of aliphatic hydroxyl groups excluding tert-OH is 1. The lowest BCUT2D eigenvalue weighted by atomic mass is 10.0. The van der Waals surface area contributed by atoms with Crippen LogP contribution in [0.1, 0.15) is 46.1 Å². The molecule has 2 N–H and O–H groups in total. The zero-order chi connectivity index (χ0) is 28.2. The standard InChI is InChI=1S/C28H29F3N2O5S/c1-2-39(36,37)24-13-7-19(8-14-24)25(18-34)32-27(35)21-5-11-23(12-6-21)33-15-16-38-26(17-33)20-3-9-22(10-4-20)28(29,30)31/h3-14,25-26,34H,2,15-18H2,1H3,(H,32,35)/t25-,26?/m0/s1. The highest BCUT2D eigenvalue weighted by Crippen LogP contribution is 2.32. The summed E-state index contributed by atoms with van der Waals surface area (Å²) in [6, 6.07) is 17.1. The highest BCUT2D eigenvalue weighted by atomic mass is 32.2. The van der Waals surface area contributed by atoms with Crippen LogP contribution in [0.5, 0.6) is 0 Å². The fourth-order valence-electron chi connectivity index (χ4n) is 4.35. The molecule has 1 fully saturated rings. The first-order chi connectivity index (χ1) is 18.5. The third kappa shape index (κ3) is 6.78. The molecule has 0 spiro atoms. The number of nitrogens with zero attached hydrogens (tertiary/aromatic N) is 1. The Morgan fingerprint density at radius 1 is 1.05 bits per heavy atom. The van der Waals surface area contributed by atoms with Gasteiger partial charge in [-0.3, -0.25) is 4.79 Å². The number of halogens is 3. The molecule has 0 saturated carbocycles. The summed E-state index contributed by atoms with van der Waals surface area (Å²) in [5.74, 6) is -0.432. The van der Waals surface area contributed by atoms with E-state index in [1.807, 2.05) is 4.90 Å². The largest absolute Gasteiger partial charge is 0.416 e. The first-order valence-corrected chi connectivity index (χ1v) is 14.0. The van der Waals surface area contributed by atoms with Gasteiger partial charge in [-0.2, -0.15) is 13.2 Å². The minimum absolute atomic E-state index is 0.0251. The fraction of sp³-hybridized carbons (Fsp3) is 0.321. The van der Waals surface area contributed by atoms with Crippen LogP contribution >= 0.6 is 0 Å². The van der Waals surface area contributed by atoms with Crippen LogP contribution in [0, 0.1) is 0 Å². The van der Waals surface area contributed by atoms with Crippen LogP contribution < -0.4 is 10.2 Å². The van der Waals surface area contributed by atoms with E-state index in [1.165, 1.54) is 24.3 Å². The van der Waals surface area contributed by atoms with Crippen LogP contribution in [-0.2, 0) is 20.8 Å². The van der Waals surface area contributed by atoms with Crippen molar-refractivity contribution in [3.63, 3.8) is 0 Å². The number of nitrogens with one attached hydrogen (secondary N) is 1. The number of anilines is 1. The number of sulfone groups is 1. The number of amides is 1. The molecule has 0 bridgehead atoms. The van der Waals surface area contributed by atoms with E-state index in [0.717, 1.165) is 17.8 Å². The smallest absolute Gasteiger partial charge is 0.394 e. The second kappa shape index (κ2) is 11.8. The summed E-state index contributed by atoms with van der Waals surface area (Å²) in [7, 11) is -3.36. The van der Waals surface area contributed by atoms with Crippen molar-refractivity contribution in [1.82, 2.24) is 5.32 Å². The maximum atomic E-state index is 12.9. The molecule has 11 heteroatoms. The maximum absolute atomic E-state index is 12.9. The van der Waals surface area contributed by atoms with Crippen molar-refractivity contribution in [2.75, 3.05) is 37.0 Å². The number of hydrogen-bond donors (Lipinski definition) is 2. The van der Waals surface area contributed by atoms with E-state index in [2.05, 4.69) is 5.32 Å². The van der Waals surface area contributed by atoms with E-state index < -0.39 is 39.6 Å². The summed E-state index contributed by atoms with van der Waals surface area (Å²) in [5, 5.41) is 12.6. The molecule has 3 aromatic rings. The number of carbonyl (C=O) groups is 1. The molecular weight excluding hydrogens is 533 g/mol. The number of aliphatic hydroxyl groups is 1. The monoisotopic (exact) mass is 562 g/mol. The Labute approximate surface area is 225 Å². The van der Waals surface area contributed by atoms with E-state index >= 15 is 0 Å². The predicted octanol–water partition coefficient (Wildman–Crippen LogP) is 4.54. The van der Waals surface area contributed by atoms with Crippen LogP contribution in [0.3, 0.4) is 0 Å². The molecule has 1 heterocycles. The van der Waals surface area contributed by atoms with Crippen molar-refractivity contribution in [1.29, 1.82) is 0 Å². The van der Waals surface area contributed by atoms with Gasteiger partial charge in [-0.15, -0.1) is 0 Å². The van der Waals surface area contributed by atoms with Crippen LogP contribution in [0.2, 0.25) is 0 Å². The zero-order valence-corrected chi connectivity index (χ0v) is 22.0. The Kier molecular flexibility index (Phi) is 8.63. The Balaban J connectivity index is 1.40. The minimum Gasteiger partial charge on any atom is -0.394 e. The molecule has 1 unspecified atom stereocenters. The molecule has 7 nitrogen and oxygen atoms in total. The van der Waals surface area contributed by atoms with Crippen LogP contribution in [0.25, 0.3) is 0 Å². The van der Waals surface area contributed by atoms with Gasteiger partial charge in [0.25, 0.3) is 5.91 Å². The van der Waals surface area contributed by atoms with E-state index in [4.69, 9.17) is 4.74 Å². The molecule has 0 radical (unpaired) electrons. The topological polar surface area (TPSA) is 95.9 Å². The molecule has 208 valence electrons. The van der Waals surface area contributed by atoms with Crippen molar-refractivity contribution >= 4 is 21.4 Å². The summed E-state index contributed by atoms with van der Waals surface area (Å²) < 4.78 is 68.5. The van der Waals surface area contributed by atoms with E-state index in [-0.39, 0.29) is 17.3 Å². The van der Waals surface area contributed by atoms with Gasteiger partial charge < -0.3 is 20.1 Å². The Hall–Kier alpha value is -3.41. The van der Waals surface area contributed by atoms with Crippen molar-refractivity contribution < 1.29 is 36.2 Å². The van der Waals surface area contributed by atoms with E-state index in [1.54, 1.807) is 43.3 Å². The summed E-state index contributed by atoms with van der Waals surface area (Å²) >= 11 is 0. The quantitative estimate of drug-likeness (QED) is 0.419. The molecule has 0 aliphatic carbocycles. The zero-order valence-electron chi connectivity index (χ0n) is 21.2. The highest BCUT2D eigenvalue weighted by molar-refractivity contribution is 7.91. The van der Waals surface area contributed by atoms with Gasteiger partial charge in [0.2, 0.25) is 0 Å². The van der Waals surface area contributed by atoms with Crippen LogP contribution in [-0.4, -0.2) is 51.5 Å². The Morgan fingerprint density at radius 3 is 2.26 bits per heavy atom. The van der Waals surface area contributed by atoms with Gasteiger partial charge in [-0.1, -0.05) is 31.2 Å². The van der Waals surface area contributed by atoms with Gasteiger partial charge in [0.15, 0.2) is 9.84 Å². The predicted molar refractivity (Wildman–Crippen MR) is 140 cm³/mol. The van der Waals surface area contributed by atoms with Crippen molar-refractivity contribution in [3.05, 3.63) is 95.1 Å². The Bertz CT molecular complexity index is 1380. The van der Waals surface area contributed by atoms with Crippen LogP contribution in [0.4, 0.5) is 18.9 Å². The molecule has 39 heavy (non-hydrogen) atoms.